The molecule has 174 valence electrons. The first-order chi connectivity index (χ1) is 16.0. The van der Waals surface area contributed by atoms with Gasteiger partial charge < -0.3 is 4.74 Å². The van der Waals surface area contributed by atoms with Gasteiger partial charge in [-0.05, 0) is 56.5 Å². The van der Waals surface area contributed by atoms with Crippen LogP contribution in [0.15, 0.2) is 53.6 Å². The number of carbonyl (C=O) groups excluding carboxylic acids is 2. The molecule has 1 amide bonds. The molecule has 2 heterocycles. The van der Waals surface area contributed by atoms with Crippen molar-refractivity contribution in [2.45, 2.75) is 51.6 Å². The fourth-order valence-corrected chi connectivity index (χ4v) is 4.54. The lowest BCUT2D eigenvalue weighted by atomic mass is 9.97. The third-order valence-electron chi connectivity index (χ3n) is 6.32. The summed E-state index contributed by atoms with van der Waals surface area (Å²) in [6.45, 7) is 4.91. The van der Waals surface area contributed by atoms with Crippen LogP contribution in [-0.2, 0) is 14.3 Å². The topological polar surface area (TPSA) is 62.2 Å². The molecule has 0 aromatic heterocycles. The summed E-state index contributed by atoms with van der Waals surface area (Å²) in [5.41, 5.74) is 3.68. The van der Waals surface area contributed by atoms with Crippen LogP contribution in [0.5, 0.6) is 0 Å². The molecule has 2 aliphatic heterocycles. The van der Waals surface area contributed by atoms with Crippen molar-refractivity contribution in [2.24, 2.45) is 5.10 Å². The molecule has 0 saturated carbocycles. The van der Waals surface area contributed by atoms with E-state index in [1.807, 2.05) is 36.1 Å². The van der Waals surface area contributed by atoms with Crippen molar-refractivity contribution in [3.8, 4) is 0 Å². The average Bonchev–Trinajstić information content (AvgIpc) is 3.26. The highest BCUT2D eigenvalue weighted by molar-refractivity contribution is 6.03. The number of carbonyl (C=O) groups is 2. The number of hydrazone groups is 1. The van der Waals surface area contributed by atoms with Crippen molar-refractivity contribution in [3.63, 3.8) is 0 Å². The molecule has 0 radical (unpaired) electrons. The van der Waals surface area contributed by atoms with Crippen molar-refractivity contribution in [3.05, 3.63) is 71.0 Å². The lowest BCUT2D eigenvalue weighted by Crippen LogP contribution is -2.49. The predicted molar refractivity (Wildman–Crippen MR) is 124 cm³/mol. The van der Waals surface area contributed by atoms with Crippen LogP contribution in [0.4, 0.5) is 4.39 Å². The number of rotatable bonds is 6. The summed E-state index contributed by atoms with van der Waals surface area (Å²) in [5, 5.41) is 6.22. The number of hydrogen-bond donors (Lipinski definition) is 0. The lowest BCUT2D eigenvalue weighted by Gasteiger charge is -2.34. The number of esters is 1. The zero-order valence-electron chi connectivity index (χ0n) is 19.2. The molecule has 0 N–H and O–H groups in total. The maximum atomic E-state index is 13.5. The first-order valence-corrected chi connectivity index (χ1v) is 11.6. The highest BCUT2D eigenvalue weighted by atomic mass is 19.1. The number of hydrogen-bond acceptors (Lipinski definition) is 5. The Balaban J connectivity index is 1.59. The molecule has 2 atom stereocenters. The van der Waals surface area contributed by atoms with Crippen molar-refractivity contribution >= 4 is 17.6 Å². The third kappa shape index (κ3) is 5.30. The van der Waals surface area contributed by atoms with E-state index in [2.05, 4.69) is 5.10 Å². The number of piperidine rings is 1. The molecule has 2 aliphatic rings. The largest absolute Gasteiger partial charge is 0.465 e. The van der Waals surface area contributed by atoms with Crippen LogP contribution in [-0.4, -0.2) is 53.2 Å². The Labute approximate surface area is 194 Å². The highest BCUT2D eigenvalue weighted by Gasteiger charge is 2.37. The summed E-state index contributed by atoms with van der Waals surface area (Å²) >= 11 is 0. The number of likely N-dealkylation sites (tertiary alicyclic amines) is 1. The Morgan fingerprint density at radius 2 is 1.82 bits per heavy atom. The molecular formula is C26H30FN3O3. The van der Waals surface area contributed by atoms with Gasteiger partial charge in [0.05, 0.1) is 24.9 Å². The molecule has 2 aromatic rings. The van der Waals surface area contributed by atoms with Gasteiger partial charge in [0.1, 0.15) is 11.9 Å². The number of benzene rings is 2. The van der Waals surface area contributed by atoms with Gasteiger partial charge >= 0.3 is 5.97 Å². The summed E-state index contributed by atoms with van der Waals surface area (Å²) in [7, 11) is 0. The first kappa shape index (κ1) is 23.1. The Hall–Kier alpha value is -3.06. The van der Waals surface area contributed by atoms with Crippen molar-refractivity contribution < 1.29 is 18.7 Å². The standard InChI is InChI=1S/C26H30FN3O3/c1-3-33-26(32)23-6-4-5-15-29(23)17-25(31)30-24(20-9-7-18(2)8-10-20)16-22(28-30)19-11-13-21(27)14-12-19/h7-14,23-24H,3-6,15-17H2,1-2H3/t23-,24-/m0/s1. The molecule has 0 bridgehead atoms. The van der Waals surface area contributed by atoms with E-state index in [4.69, 9.17) is 4.74 Å². The van der Waals surface area contributed by atoms with Gasteiger partial charge in [0.15, 0.2) is 0 Å². The van der Waals surface area contributed by atoms with E-state index >= 15 is 0 Å². The summed E-state index contributed by atoms with van der Waals surface area (Å²) in [5.74, 6) is -0.735. The number of aryl methyl sites for hydroxylation is 1. The van der Waals surface area contributed by atoms with E-state index < -0.39 is 6.04 Å². The predicted octanol–water partition coefficient (Wildman–Crippen LogP) is 4.23. The Morgan fingerprint density at radius 3 is 2.52 bits per heavy atom. The number of nitrogens with zero attached hydrogens (tertiary/aromatic N) is 3. The summed E-state index contributed by atoms with van der Waals surface area (Å²) in [4.78, 5) is 27.9. The quantitative estimate of drug-likeness (QED) is 0.617. The molecule has 0 unspecified atom stereocenters. The van der Waals surface area contributed by atoms with Gasteiger partial charge in [0.2, 0.25) is 0 Å². The van der Waals surface area contributed by atoms with Crippen molar-refractivity contribution in [1.82, 2.24) is 9.91 Å². The van der Waals surface area contributed by atoms with E-state index in [9.17, 15) is 14.0 Å². The van der Waals surface area contributed by atoms with Gasteiger partial charge in [-0.1, -0.05) is 48.4 Å². The van der Waals surface area contributed by atoms with Crippen LogP contribution in [0.2, 0.25) is 0 Å². The van der Waals surface area contributed by atoms with Gasteiger partial charge in [-0.15, -0.1) is 0 Å². The van der Waals surface area contributed by atoms with Crippen molar-refractivity contribution in [1.29, 1.82) is 0 Å². The second-order valence-electron chi connectivity index (χ2n) is 8.66. The normalized spacial score (nSPS) is 21.1. The van der Waals surface area contributed by atoms with Crippen LogP contribution in [0, 0.1) is 12.7 Å². The molecule has 7 heteroatoms. The Kier molecular flexibility index (Phi) is 7.18. The third-order valence-corrected chi connectivity index (χ3v) is 6.32. The second-order valence-corrected chi connectivity index (χ2v) is 8.66. The summed E-state index contributed by atoms with van der Waals surface area (Å²) in [6, 6.07) is 13.6. The molecule has 0 aliphatic carbocycles. The molecule has 2 aromatic carbocycles. The van der Waals surface area contributed by atoms with E-state index in [0.29, 0.717) is 26.0 Å². The minimum atomic E-state index is -0.399. The van der Waals surface area contributed by atoms with E-state index in [0.717, 1.165) is 35.2 Å². The maximum absolute atomic E-state index is 13.5. The molecule has 33 heavy (non-hydrogen) atoms. The van der Waals surface area contributed by atoms with Crippen LogP contribution < -0.4 is 0 Å². The van der Waals surface area contributed by atoms with Crippen LogP contribution in [0.1, 0.15) is 55.3 Å². The first-order valence-electron chi connectivity index (χ1n) is 11.6. The molecule has 4 rings (SSSR count). The lowest BCUT2D eigenvalue weighted by molar-refractivity contribution is -0.152. The fraction of sp³-hybridized carbons (Fsp3) is 0.423. The minimum absolute atomic E-state index is 0.103. The molecule has 1 fully saturated rings. The van der Waals surface area contributed by atoms with E-state index in [-0.39, 0.29) is 30.3 Å². The van der Waals surface area contributed by atoms with Gasteiger partial charge in [-0.25, -0.2) is 9.40 Å². The molecule has 0 spiro atoms. The smallest absolute Gasteiger partial charge is 0.323 e. The van der Waals surface area contributed by atoms with E-state index in [1.54, 1.807) is 24.1 Å². The highest BCUT2D eigenvalue weighted by Crippen LogP contribution is 2.33. The second kappa shape index (κ2) is 10.3. The van der Waals surface area contributed by atoms with Crippen LogP contribution >= 0.6 is 0 Å². The van der Waals surface area contributed by atoms with E-state index in [1.165, 1.54) is 12.1 Å². The minimum Gasteiger partial charge on any atom is -0.465 e. The fourth-order valence-electron chi connectivity index (χ4n) is 4.54. The summed E-state index contributed by atoms with van der Waals surface area (Å²) < 4.78 is 18.7. The van der Waals surface area contributed by atoms with Gasteiger partial charge in [-0.3, -0.25) is 14.5 Å². The van der Waals surface area contributed by atoms with Gasteiger partial charge in [-0.2, -0.15) is 5.10 Å². The monoisotopic (exact) mass is 451 g/mol. The number of amides is 1. The van der Waals surface area contributed by atoms with Crippen LogP contribution in [0.25, 0.3) is 0 Å². The maximum Gasteiger partial charge on any atom is 0.323 e. The Morgan fingerprint density at radius 1 is 1.09 bits per heavy atom. The zero-order valence-corrected chi connectivity index (χ0v) is 19.2. The Bertz CT molecular complexity index is 1020. The zero-order chi connectivity index (χ0) is 23.4. The molecule has 1 saturated heterocycles. The number of ether oxygens (including phenoxy) is 1. The van der Waals surface area contributed by atoms with Gasteiger partial charge in [0.25, 0.3) is 5.91 Å². The SMILES string of the molecule is CCOC(=O)[C@@H]1CCCCN1CC(=O)N1N=C(c2ccc(F)cc2)C[C@H]1c1ccc(C)cc1. The molecular weight excluding hydrogens is 421 g/mol. The molecule has 6 nitrogen and oxygen atoms in total. The summed E-state index contributed by atoms with van der Waals surface area (Å²) in [6.07, 6.45) is 3.12. The van der Waals surface area contributed by atoms with Crippen LogP contribution in [0.3, 0.4) is 0 Å². The number of halogens is 1. The van der Waals surface area contributed by atoms with Crippen molar-refractivity contribution in [2.75, 3.05) is 19.7 Å². The van der Waals surface area contributed by atoms with Gasteiger partial charge in [0, 0.05) is 6.42 Å². The average molecular weight is 452 g/mol.